The van der Waals surface area contributed by atoms with Crippen molar-refractivity contribution in [2.24, 2.45) is 0 Å². The van der Waals surface area contributed by atoms with Crippen molar-refractivity contribution >= 4 is 28.8 Å². The molecule has 1 aromatic rings. The summed E-state index contributed by atoms with van der Waals surface area (Å²) in [5.41, 5.74) is 0. The molecule has 0 aromatic carbocycles. The Kier molecular flexibility index (Phi) is 3.33. The van der Waals surface area contributed by atoms with E-state index in [1.807, 2.05) is 6.07 Å². The molecule has 1 aliphatic heterocycles. The van der Waals surface area contributed by atoms with E-state index in [-0.39, 0.29) is 21.9 Å². The number of morpholine rings is 1. The van der Waals surface area contributed by atoms with E-state index in [4.69, 9.17) is 21.6 Å². The SMILES string of the molecule is N#CC1CN(C(=O)c2nnc(Cl)s2)CCO1. The predicted molar refractivity (Wildman–Crippen MR) is 56.2 cm³/mol. The number of amides is 1. The normalized spacial score (nSPS) is 20.5. The number of rotatable bonds is 1. The van der Waals surface area contributed by atoms with Crippen molar-refractivity contribution in [3.63, 3.8) is 0 Å². The van der Waals surface area contributed by atoms with Gasteiger partial charge in [-0.2, -0.15) is 5.26 Å². The Morgan fingerprint density at radius 2 is 2.50 bits per heavy atom. The molecule has 16 heavy (non-hydrogen) atoms. The molecule has 1 amide bonds. The van der Waals surface area contributed by atoms with Crippen LogP contribution in [0.25, 0.3) is 0 Å². The molecule has 1 unspecified atom stereocenters. The first-order chi connectivity index (χ1) is 7.70. The van der Waals surface area contributed by atoms with Gasteiger partial charge in [0, 0.05) is 6.54 Å². The summed E-state index contributed by atoms with van der Waals surface area (Å²) in [4.78, 5) is 13.4. The molecule has 1 aliphatic rings. The Hall–Kier alpha value is -1.23. The molecule has 0 radical (unpaired) electrons. The lowest BCUT2D eigenvalue weighted by atomic mass is 10.3. The Morgan fingerprint density at radius 1 is 1.69 bits per heavy atom. The number of nitrogens with zero attached hydrogens (tertiary/aromatic N) is 4. The fraction of sp³-hybridized carbons (Fsp3) is 0.500. The average molecular weight is 259 g/mol. The average Bonchev–Trinajstić information content (AvgIpc) is 2.75. The molecule has 1 saturated heterocycles. The fourth-order valence-corrected chi connectivity index (χ4v) is 2.14. The first kappa shape index (κ1) is 11.3. The summed E-state index contributed by atoms with van der Waals surface area (Å²) in [7, 11) is 0. The first-order valence-electron chi connectivity index (χ1n) is 4.50. The number of nitriles is 1. The molecule has 2 heterocycles. The van der Waals surface area contributed by atoms with Crippen molar-refractivity contribution in [1.29, 1.82) is 5.26 Å². The topological polar surface area (TPSA) is 79.1 Å². The summed E-state index contributed by atoms with van der Waals surface area (Å²) in [5, 5.41) is 16.2. The third-order valence-corrected chi connectivity index (χ3v) is 3.09. The second-order valence-corrected chi connectivity index (χ2v) is 4.66. The third kappa shape index (κ3) is 2.29. The van der Waals surface area contributed by atoms with Crippen LogP contribution in [0, 0.1) is 11.3 Å². The Labute approximate surface area is 100 Å². The summed E-state index contributed by atoms with van der Waals surface area (Å²) in [6.45, 7) is 1.07. The van der Waals surface area contributed by atoms with Gasteiger partial charge in [0.25, 0.3) is 5.91 Å². The van der Waals surface area contributed by atoms with Crippen LogP contribution in [0.5, 0.6) is 0 Å². The van der Waals surface area contributed by atoms with Crippen LogP contribution in [-0.4, -0.2) is 46.8 Å². The van der Waals surface area contributed by atoms with Crippen LogP contribution in [0.3, 0.4) is 0 Å². The molecule has 84 valence electrons. The highest BCUT2D eigenvalue weighted by molar-refractivity contribution is 7.17. The standard InChI is InChI=1S/C8H7ClN4O2S/c9-8-12-11-6(16-8)7(14)13-1-2-15-5(3-10)4-13/h5H,1-2,4H2. The summed E-state index contributed by atoms with van der Waals surface area (Å²) in [5.74, 6) is -0.257. The third-order valence-electron chi connectivity index (χ3n) is 2.08. The van der Waals surface area contributed by atoms with Gasteiger partial charge in [0.1, 0.15) is 0 Å². The van der Waals surface area contributed by atoms with Gasteiger partial charge in [-0.25, -0.2) is 0 Å². The highest BCUT2D eigenvalue weighted by Gasteiger charge is 2.26. The molecule has 6 nitrogen and oxygen atoms in total. The summed E-state index contributed by atoms with van der Waals surface area (Å²) < 4.78 is 5.36. The summed E-state index contributed by atoms with van der Waals surface area (Å²) >= 11 is 6.62. The van der Waals surface area contributed by atoms with Gasteiger partial charge in [-0.1, -0.05) is 11.3 Å². The maximum absolute atomic E-state index is 11.9. The minimum Gasteiger partial charge on any atom is -0.360 e. The van der Waals surface area contributed by atoms with Crippen molar-refractivity contribution in [2.45, 2.75) is 6.10 Å². The predicted octanol–water partition coefficient (Wildman–Crippen LogP) is 0.556. The van der Waals surface area contributed by atoms with Crippen LogP contribution in [-0.2, 0) is 4.74 Å². The smallest absolute Gasteiger partial charge is 0.285 e. The Morgan fingerprint density at radius 3 is 3.12 bits per heavy atom. The number of hydrogen-bond acceptors (Lipinski definition) is 6. The first-order valence-corrected chi connectivity index (χ1v) is 5.69. The van der Waals surface area contributed by atoms with Crippen LogP contribution in [0.1, 0.15) is 9.80 Å². The molecule has 1 atom stereocenters. The summed E-state index contributed by atoms with van der Waals surface area (Å²) in [6.07, 6.45) is -0.568. The molecule has 1 fully saturated rings. The second kappa shape index (κ2) is 4.74. The van der Waals surface area contributed by atoms with E-state index in [0.29, 0.717) is 13.2 Å². The molecule has 0 N–H and O–H groups in total. The number of halogens is 1. The largest absolute Gasteiger partial charge is 0.360 e. The maximum atomic E-state index is 11.9. The molecule has 0 aliphatic carbocycles. The quantitative estimate of drug-likeness (QED) is 0.735. The monoisotopic (exact) mass is 258 g/mol. The lowest BCUT2D eigenvalue weighted by Gasteiger charge is -2.28. The van der Waals surface area contributed by atoms with E-state index < -0.39 is 6.10 Å². The zero-order valence-electron chi connectivity index (χ0n) is 8.09. The summed E-state index contributed by atoms with van der Waals surface area (Å²) in [6, 6.07) is 1.97. The lowest BCUT2D eigenvalue weighted by Crippen LogP contribution is -2.45. The van der Waals surface area contributed by atoms with Crippen LogP contribution < -0.4 is 0 Å². The van der Waals surface area contributed by atoms with Gasteiger partial charge in [0.05, 0.1) is 19.2 Å². The van der Waals surface area contributed by atoms with E-state index in [1.165, 1.54) is 4.90 Å². The Balaban J connectivity index is 2.08. The highest BCUT2D eigenvalue weighted by atomic mass is 35.5. The van der Waals surface area contributed by atoms with Gasteiger partial charge in [0.2, 0.25) is 9.47 Å². The number of aromatic nitrogens is 2. The molecular formula is C8H7ClN4O2S. The maximum Gasteiger partial charge on any atom is 0.285 e. The molecule has 1 aromatic heterocycles. The molecule has 0 saturated carbocycles. The van der Waals surface area contributed by atoms with Crippen molar-refractivity contribution in [1.82, 2.24) is 15.1 Å². The number of hydrogen-bond donors (Lipinski definition) is 0. The number of ether oxygens (including phenoxy) is 1. The highest BCUT2D eigenvalue weighted by Crippen LogP contribution is 2.17. The lowest BCUT2D eigenvalue weighted by molar-refractivity contribution is 0.00342. The van der Waals surface area contributed by atoms with Gasteiger partial charge >= 0.3 is 0 Å². The molecule has 8 heteroatoms. The van der Waals surface area contributed by atoms with E-state index in [2.05, 4.69) is 10.2 Å². The van der Waals surface area contributed by atoms with Crippen LogP contribution in [0.2, 0.25) is 4.47 Å². The van der Waals surface area contributed by atoms with Crippen LogP contribution in [0.4, 0.5) is 0 Å². The van der Waals surface area contributed by atoms with Gasteiger partial charge in [-0.15, -0.1) is 10.2 Å². The van der Waals surface area contributed by atoms with Crippen LogP contribution >= 0.6 is 22.9 Å². The van der Waals surface area contributed by atoms with Crippen molar-refractivity contribution < 1.29 is 9.53 Å². The van der Waals surface area contributed by atoms with Gasteiger partial charge in [0.15, 0.2) is 6.10 Å². The van der Waals surface area contributed by atoms with E-state index in [9.17, 15) is 4.79 Å². The van der Waals surface area contributed by atoms with Gasteiger partial charge in [-0.05, 0) is 11.6 Å². The number of carbonyl (C=O) groups excluding carboxylic acids is 1. The van der Waals surface area contributed by atoms with Gasteiger partial charge in [-0.3, -0.25) is 4.79 Å². The zero-order chi connectivity index (χ0) is 11.5. The molecule has 0 bridgehead atoms. The fourth-order valence-electron chi connectivity index (χ4n) is 1.34. The molecular weight excluding hydrogens is 252 g/mol. The van der Waals surface area contributed by atoms with E-state index >= 15 is 0 Å². The minimum absolute atomic E-state index is 0.230. The van der Waals surface area contributed by atoms with Gasteiger partial charge < -0.3 is 9.64 Å². The molecule has 2 rings (SSSR count). The number of carbonyl (C=O) groups is 1. The van der Waals surface area contributed by atoms with Crippen molar-refractivity contribution in [3.8, 4) is 6.07 Å². The second-order valence-electron chi connectivity index (χ2n) is 3.10. The Bertz CT molecular complexity index is 443. The van der Waals surface area contributed by atoms with Crippen molar-refractivity contribution in [3.05, 3.63) is 9.47 Å². The van der Waals surface area contributed by atoms with E-state index in [1.54, 1.807) is 0 Å². The minimum atomic E-state index is -0.568. The van der Waals surface area contributed by atoms with E-state index in [0.717, 1.165) is 11.3 Å². The molecule has 0 spiro atoms. The zero-order valence-corrected chi connectivity index (χ0v) is 9.66. The van der Waals surface area contributed by atoms with Crippen molar-refractivity contribution in [2.75, 3.05) is 19.7 Å². The van der Waals surface area contributed by atoms with Crippen LogP contribution in [0.15, 0.2) is 0 Å².